The van der Waals surface area contributed by atoms with Crippen LogP contribution in [0.1, 0.15) is 0 Å². The van der Waals surface area contributed by atoms with Gasteiger partial charge in [-0.05, 0) is 23.4 Å². The van der Waals surface area contributed by atoms with Crippen LogP contribution in [0.2, 0.25) is 24.7 Å². The van der Waals surface area contributed by atoms with Crippen molar-refractivity contribution in [2.75, 3.05) is 0 Å². The molecule has 4 heteroatoms. The molecule has 1 heterocycles. The lowest BCUT2D eigenvalue weighted by Gasteiger charge is -2.19. The molecule has 0 unspecified atom stereocenters. The van der Waals surface area contributed by atoms with Gasteiger partial charge < -0.3 is 4.74 Å². The zero-order chi connectivity index (χ0) is 13.2. The molecular weight excluding hydrogens is 262 g/mol. The Labute approximate surface area is 114 Å². The minimum absolute atomic E-state index is 0.489. The molecule has 0 saturated heterocycles. The maximum absolute atomic E-state index is 6.39. The van der Waals surface area contributed by atoms with Gasteiger partial charge in [-0.1, -0.05) is 49.4 Å². The van der Waals surface area contributed by atoms with E-state index in [0.717, 1.165) is 5.75 Å². The molecule has 0 fully saturated rings. The highest BCUT2D eigenvalue weighted by Crippen LogP contribution is 2.26. The van der Waals surface area contributed by atoms with Crippen LogP contribution in [-0.4, -0.2) is 13.1 Å². The van der Waals surface area contributed by atoms with Gasteiger partial charge in [0.05, 0.1) is 8.07 Å². The second kappa shape index (κ2) is 5.12. The highest BCUT2D eigenvalue weighted by Gasteiger charge is 2.22. The van der Waals surface area contributed by atoms with Crippen molar-refractivity contribution in [3.8, 4) is 11.6 Å². The number of pyridine rings is 1. The Morgan fingerprint density at radius 3 is 2.33 bits per heavy atom. The van der Waals surface area contributed by atoms with Crippen LogP contribution in [0.5, 0.6) is 11.6 Å². The van der Waals surface area contributed by atoms with Crippen molar-refractivity contribution in [3.05, 3.63) is 47.6 Å². The Morgan fingerprint density at radius 2 is 1.72 bits per heavy atom. The van der Waals surface area contributed by atoms with Crippen LogP contribution in [0.15, 0.2) is 42.6 Å². The van der Waals surface area contributed by atoms with Crippen molar-refractivity contribution in [1.82, 2.24) is 4.98 Å². The Kier molecular flexibility index (Phi) is 3.73. The summed E-state index contributed by atoms with van der Waals surface area (Å²) in [6.45, 7) is 6.75. The maximum Gasteiger partial charge on any atom is 0.237 e. The molecule has 2 aromatic rings. The minimum Gasteiger partial charge on any atom is -0.438 e. The molecule has 0 aliphatic rings. The van der Waals surface area contributed by atoms with Crippen LogP contribution in [0.4, 0.5) is 0 Å². The number of halogens is 1. The zero-order valence-electron chi connectivity index (χ0n) is 10.8. The van der Waals surface area contributed by atoms with Crippen LogP contribution in [-0.2, 0) is 0 Å². The average Bonchev–Trinajstić information content (AvgIpc) is 2.32. The van der Waals surface area contributed by atoms with Gasteiger partial charge in [-0.3, -0.25) is 0 Å². The number of hydrogen-bond donors (Lipinski definition) is 0. The van der Waals surface area contributed by atoms with Gasteiger partial charge in [0.25, 0.3) is 0 Å². The summed E-state index contributed by atoms with van der Waals surface area (Å²) in [5, 5.41) is 1.81. The van der Waals surface area contributed by atoms with Crippen molar-refractivity contribution in [1.29, 1.82) is 0 Å². The number of ether oxygens (including phenoxy) is 1. The van der Waals surface area contributed by atoms with Crippen LogP contribution >= 0.6 is 11.6 Å². The highest BCUT2D eigenvalue weighted by atomic mass is 35.5. The highest BCUT2D eigenvalue weighted by molar-refractivity contribution is 6.90. The predicted molar refractivity (Wildman–Crippen MR) is 78.7 cm³/mol. The summed E-state index contributed by atoms with van der Waals surface area (Å²) in [6, 6.07) is 11.6. The zero-order valence-corrected chi connectivity index (χ0v) is 12.5. The first-order valence-electron chi connectivity index (χ1n) is 5.86. The van der Waals surface area contributed by atoms with Crippen LogP contribution in [0.3, 0.4) is 0 Å². The fraction of sp³-hybridized carbons (Fsp3) is 0.214. The quantitative estimate of drug-likeness (QED) is 0.789. The molecule has 0 saturated carbocycles. The van der Waals surface area contributed by atoms with Crippen molar-refractivity contribution in [2.45, 2.75) is 19.6 Å². The summed E-state index contributed by atoms with van der Waals surface area (Å²) in [4.78, 5) is 4.22. The third-order valence-corrected chi connectivity index (χ3v) is 5.18. The summed E-state index contributed by atoms with van der Waals surface area (Å²) in [6.07, 6.45) is 1.76. The largest absolute Gasteiger partial charge is 0.438 e. The molecule has 18 heavy (non-hydrogen) atoms. The molecular formula is C14H16ClNOSi. The van der Waals surface area contributed by atoms with Gasteiger partial charge in [-0.15, -0.1) is 0 Å². The molecule has 0 atom stereocenters. The molecule has 0 spiro atoms. The van der Waals surface area contributed by atoms with E-state index in [-0.39, 0.29) is 0 Å². The first kappa shape index (κ1) is 13.1. The van der Waals surface area contributed by atoms with Gasteiger partial charge in [0.15, 0.2) is 0 Å². The van der Waals surface area contributed by atoms with Crippen molar-refractivity contribution in [2.24, 2.45) is 0 Å². The second-order valence-electron chi connectivity index (χ2n) is 5.14. The topological polar surface area (TPSA) is 22.1 Å². The molecule has 0 radical (unpaired) electrons. The minimum atomic E-state index is -1.48. The fourth-order valence-electron chi connectivity index (χ4n) is 1.68. The Hall–Kier alpha value is -1.32. The summed E-state index contributed by atoms with van der Waals surface area (Å²) in [5.41, 5.74) is 0. The van der Waals surface area contributed by atoms with E-state index in [4.69, 9.17) is 16.3 Å². The number of para-hydroxylation sites is 1. The molecule has 2 nitrogen and oxygen atoms in total. The predicted octanol–water partition coefficient (Wildman–Crippen LogP) is 4.07. The first-order valence-corrected chi connectivity index (χ1v) is 9.74. The number of benzene rings is 1. The third kappa shape index (κ3) is 2.92. The normalized spacial score (nSPS) is 11.3. The van der Waals surface area contributed by atoms with E-state index in [1.54, 1.807) is 6.20 Å². The monoisotopic (exact) mass is 277 g/mol. The lowest BCUT2D eigenvalue weighted by atomic mass is 10.3. The molecule has 1 aromatic heterocycles. The van der Waals surface area contributed by atoms with E-state index in [0.29, 0.717) is 10.9 Å². The standard InChI is InChI=1S/C14H16ClNOSi/c1-18(2,3)12-9-10-16-14(13(12)15)17-11-7-5-4-6-8-11/h4-10H,1-3H3. The number of nitrogens with zero attached hydrogens (tertiary/aromatic N) is 1. The second-order valence-corrected chi connectivity index (χ2v) is 10.6. The SMILES string of the molecule is C[Si](C)(C)c1ccnc(Oc2ccccc2)c1Cl. The van der Waals surface area contributed by atoms with E-state index in [9.17, 15) is 0 Å². The van der Waals surface area contributed by atoms with Gasteiger partial charge >= 0.3 is 0 Å². The molecule has 0 aliphatic heterocycles. The Balaban J connectivity index is 2.36. The Morgan fingerprint density at radius 1 is 1.06 bits per heavy atom. The summed E-state index contributed by atoms with van der Waals surface area (Å²) in [5.74, 6) is 1.24. The Bertz CT molecular complexity index is 537. The van der Waals surface area contributed by atoms with E-state index >= 15 is 0 Å². The lowest BCUT2D eigenvalue weighted by Crippen LogP contribution is -2.38. The van der Waals surface area contributed by atoms with E-state index in [1.165, 1.54) is 5.19 Å². The van der Waals surface area contributed by atoms with Crippen molar-refractivity contribution < 1.29 is 4.74 Å². The molecule has 0 amide bonds. The van der Waals surface area contributed by atoms with E-state index < -0.39 is 8.07 Å². The summed E-state index contributed by atoms with van der Waals surface area (Å²) >= 11 is 6.39. The van der Waals surface area contributed by atoms with Gasteiger partial charge in [0.2, 0.25) is 5.88 Å². The summed E-state index contributed by atoms with van der Waals surface area (Å²) in [7, 11) is -1.48. The van der Waals surface area contributed by atoms with Crippen molar-refractivity contribution in [3.63, 3.8) is 0 Å². The smallest absolute Gasteiger partial charge is 0.237 e. The molecule has 94 valence electrons. The third-order valence-electron chi connectivity index (χ3n) is 2.62. The first-order chi connectivity index (χ1) is 8.48. The molecule has 0 aliphatic carbocycles. The van der Waals surface area contributed by atoms with Crippen LogP contribution in [0, 0.1) is 0 Å². The van der Waals surface area contributed by atoms with Crippen molar-refractivity contribution >= 4 is 24.9 Å². The maximum atomic E-state index is 6.39. The number of aromatic nitrogens is 1. The molecule has 2 rings (SSSR count). The van der Waals surface area contributed by atoms with Gasteiger partial charge in [0, 0.05) is 6.20 Å². The fourth-order valence-corrected chi connectivity index (χ4v) is 4.02. The lowest BCUT2D eigenvalue weighted by molar-refractivity contribution is 0.464. The summed E-state index contributed by atoms with van der Waals surface area (Å²) < 4.78 is 5.72. The van der Waals surface area contributed by atoms with Crippen LogP contribution < -0.4 is 9.92 Å². The average molecular weight is 278 g/mol. The van der Waals surface area contributed by atoms with E-state index in [1.807, 2.05) is 36.4 Å². The number of rotatable bonds is 3. The van der Waals surface area contributed by atoms with Gasteiger partial charge in [-0.25, -0.2) is 4.98 Å². The number of hydrogen-bond acceptors (Lipinski definition) is 2. The molecule has 1 aromatic carbocycles. The van der Waals surface area contributed by atoms with Gasteiger partial charge in [0.1, 0.15) is 10.8 Å². The van der Waals surface area contributed by atoms with E-state index in [2.05, 4.69) is 24.6 Å². The van der Waals surface area contributed by atoms with Crippen LogP contribution in [0.25, 0.3) is 0 Å². The molecule has 0 bridgehead atoms. The molecule has 0 N–H and O–H groups in total. The van der Waals surface area contributed by atoms with Gasteiger partial charge in [-0.2, -0.15) is 0 Å².